The number of hydrogen-bond donors (Lipinski definition) is 1. The number of rotatable bonds is 2. The zero-order valence-corrected chi connectivity index (χ0v) is 11.8. The summed E-state index contributed by atoms with van der Waals surface area (Å²) in [7, 11) is 0. The maximum absolute atomic E-state index is 6.27. The van der Waals surface area contributed by atoms with E-state index >= 15 is 0 Å². The first-order valence-electron chi connectivity index (χ1n) is 7.60. The Morgan fingerprint density at radius 3 is 2.80 bits per heavy atom. The Balaban J connectivity index is 1.76. The van der Waals surface area contributed by atoms with Crippen molar-refractivity contribution in [3.05, 3.63) is 36.5 Å². The van der Waals surface area contributed by atoms with E-state index in [1.165, 1.54) is 25.7 Å². The first kappa shape index (κ1) is 13.4. The highest BCUT2D eigenvalue weighted by atomic mass is 16.5. The molecule has 1 aromatic heterocycles. The van der Waals surface area contributed by atoms with Crippen molar-refractivity contribution in [1.29, 1.82) is 0 Å². The van der Waals surface area contributed by atoms with Crippen LogP contribution in [-0.2, 0) is 0 Å². The van der Waals surface area contributed by atoms with Gasteiger partial charge in [-0.2, -0.15) is 0 Å². The summed E-state index contributed by atoms with van der Waals surface area (Å²) >= 11 is 0. The first-order valence-corrected chi connectivity index (χ1v) is 7.60. The van der Waals surface area contributed by atoms with Crippen LogP contribution in [0.2, 0.25) is 0 Å². The van der Waals surface area contributed by atoms with Gasteiger partial charge in [-0.3, -0.25) is 4.98 Å². The smallest absolute Gasteiger partial charge is 0.122 e. The number of nitrogens with zero attached hydrogens (tertiary/aromatic N) is 1. The average molecular weight is 270 g/mol. The van der Waals surface area contributed by atoms with Crippen molar-refractivity contribution in [3.8, 4) is 5.75 Å². The van der Waals surface area contributed by atoms with Crippen molar-refractivity contribution in [3.63, 3.8) is 0 Å². The van der Waals surface area contributed by atoms with E-state index in [4.69, 9.17) is 10.5 Å². The summed E-state index contributed by atoms with van der Waals surface area (Å²) in [6, 6.07) is 10.3. The van der Waals surface area contributed by atoms with Crippen LogP contribution in [0.4, 0.5) is 0 Å². The molecule has 0 spiro atoms. The van der Waals surface area contributed by atoms with Gasteiger partial charge in [0.1, 0.15) is 11.9 Å². The highest BCUT2D eigenvalue weighted by molar-refractivity contribution is 5.79. The van der Waals surface area contributed by atoms with E-state index in [-0.39, 0.29) is 12.1 Å². The summed E-state index contributed by atoms with van der Waals surface area (Å²) in [5.41, 5.74) is 7.24. The molecule has 0 amide bonds. The molecule has 2 N–H and O–H groups in total. The van der Waals surface area contributed by atoms with Crippen molar-refractivity contribution < 1.29 is 4.74 Å². The van der Waals surface area contributed by atoms with Crippen LogP contribution in [0, 0.1) is 0 Å². The third-order valence-electron chi connectivity index (χ3n) is 4.12. The van der Waals surface area contributed by atoms with Gasteiger partial charge in [0.25, 0.3) is 0 Å². The van der Waals surface area contributed by atoms with E-state index in [2.05, 4.69) is 17.1 Å². The van der Waals surface area contributed by atoms with Crippen molar-refractivity contribution in [1.82, 2.24) is 4.98 Å². The average Bonchev–Trinajstić information content (AvgIpc) is 2.47. The molecular weight excluding hydrogens is 248 g/mol. The molecule has 0 bridgehead atoms. The van der Waals surface area contributed by atoms with Gasteiger partial charge in [0.2, 0.25) is 0 Å². The molecule has 2 unspecified atom stereocenters. The lowest BCUT2D eigenvalue weighted by Gasteiger charge is -2.27. The zero-order chi connectivity index (χ0) is 13.8. The summed E-state index contributed by atoms with van der Waals surface area (Å²) in [5, 5.41) is 1.14. The summed E-state index contributed by atoms with van der Waals surface area (Å²) in [6.07, 6.45) is 9.11. The lowest BCUT2D eigenvalue weighted by atomic mass is 9.95. The normalized spacial score (nSPS) is 24.1. The van der Waals surface area contributed by atoms with Gasteiger partial charge < -0.3 is 10.5 Å². The van der Waals surface area contributed by atoms with Gasteiger partial charge in [0.05, 0.1) is 5.52 Å². The predicted octanol–water partition coefficient (Wildman–Crippen LogP) is 3.66. The van der Waals surface area contributed by atoms with E-state index in [9.17, 15) is 0 Å². The molecule has 2 aromatic rings. The van der Waals surface area contributed by atoms with Crippen LogP contribution in [0.15, 0.2) is 36.5 Å². The number of benzene rings is 1. The largest absolute Gasteiger partial charge is 0.489 e. The summed E-state index contributed by atoms with van der Waals surface area (Å²) in [5.74, 6) is 0.886. The first-order chi connectivity index (χ1) is 9.83. The van der Waals surface area contributed by atoms with E-state index in [0.717, 1.165) is 29.5 Å². The topological polar surface area (TPSA) is 48.1 Å². The van der Waals surface area contributed by atoms with Crippen LogP contribution in [0.5, 0.6) is 5.75 Å². The molecule has 0 aliphatic heterocycles. The predicted molar refractivity (Wildman–Crippen MR) is 81.8 cm³/mol. The Bertz CT molecular complexity index is 570. The molecule has 20 heavy (non-hydrogen) atoms. The maximum Gasteiger partial charge on any atom is 0.122 e. The summed E-state index contributed by atoms with van der Waals surface area (Å²) in [4.78, 5) is 4.38. The molecule has 1 fully saturated rings. The molecule has 1 aliphatic rings. The Hall–Kier alpha value is -1.61. The molecule has 2 atom stereocenters. The highest BCUT2D eigenvalue weighted by Crippen LogP contribution is 2.24. The summed E-state index contributed by atoms with van der Waals surface area (Å²) < 4.78 is 6.15. The Morgan fingerprint density at radius 2 is 1.90 bits per heavy atom. The Morgan fingerprint density at radius 1 is 1.05 bits per heavy atom. The fourth-order valence-corrected chi connectivity index (χ4v) is 2.92. The molecule has 1 saturated carbocycles. The van der Waals surface area contributed by atoms with E-state index in [0.29, 0.717) is 0 Å². The highest BCUT2D eigenvalue weighted by Gasteiger charge is 2.21. The molecule has 0 saturated heterocycles. The third kappa shape index (κ3) is 3.10. The maximum atomic E-state index is 6.27. The second kappa shape index (κ2) is 6.23. The number of aromatic nitrogens is 1. The lowest BCUT2D eigenvalue weighted by Crippen LogP contribution is -2.39. The fourth-order valence-electron chi connectivity index (χ4n) is 2.92. The van der Waals surface area contributed by atoms with E-state index < -0.39 is 0 Å². The van der Waals surface area contributed by atoms with Crippen LogP contribution in [0.25, 0.3) is 10.9 Å². The van der Waals surface area contributed by atoms with Crippen LogP contribution in [0.1, 0.15) is 38.5 Å². The summed E-state index contributed by atoms with van der Waals surface area (Å²) in [6.45, 7) is 0. The molecule has 1 aliphatic carbocycles. The molecule has 3 nitrogen and oxygen atoms in total. The molecular formula is C17H22N2O. The number of ether oxygens (including phenoxy) is 1. The number of nitrogens with two attached hydrogens (primary N) is 1. The van der Waals surface area contributed by atoms with E-state index in [1.54, 1.807) is 0 Å². The minimum absolute atomic E-state index is 0.136. The lowest BCUT2D eigenvalue weighted by molar-refractivity contribution is 0.145. The number of hydrogen-bond acceptors (Lipinski definition) is 3. The van der Waals surface area contributed by atoms with Crippen molar-refractivity contribution >= 4 is 10.9 Å². The van der Waals surface area contributed by atoms with Gasteiger partial charge in [0, 0.05) is 23.7 Å². The van der Waals surface area contributed by atoms with Crippen molar-refractivity contribution in [2.24, 2.45) is 5.73 Å². The van der Waals surface area contributed by atoms with Gasteiger partial charge >= 0.3 is 0 Å². The second-order valence-electron chi connectivity index (χ2n) is 5.67. The quantitative estimate of drug-likeness (QED) is 0.906. The van der Waals surface area contributed by atoms with Crippen LogP contribution < -0.4 is 10.5 Å². The zero-order valence-electron chi connectivity index (χ0n) is 11.8. The molecule has 3 heteroatoms. The number of fused-ring (bicyclic) bond motifs is 1. The number of pyridine rings is 1. The molecule has 106 valence electrons. The van der Waals surface area contributed by atoms with Gasteiger partial charge in [-0.1, -0.05) is 25.3 Å². The Labute approximate surface area is 120 Å². The molecule has 1 aromatic carbocycles. The van der Waals surface area contributed by atoms with Gasteiger partial charge in [0.15, 0.2) is 0 Å². The van der Waals surface area contributed by atoms with Crippen LogP contribution >= 0.6 is 0 Å². The van der Waals surface area contributed by atoms with Crippen LogP contribution in [-0.4, -0.2) is 17.1 Å². The van der Waals surface area contributed by atoms with Gasteiger partial charge in [-0.25, -0.2) is 0 Å². The molecule has 0 radical (unpaired) electrons. The van der Waals surface area contributed by atoms with Crippen molar-refractivity contribution in [2.75, 3.05) is 0 Å². The second-order valence-corrected chi connectivity index (χ2v) is 5.67. The minimum atomic E-state index is 0.136. The van der Waals surface area contributed by atoms with Gasteiger partial charge in [-0.05, 0) is 37.5 Å². The van der Waals surface area contributed by atoms with Crippen molar-refractivity contribution in [2.45, 2.75) is 50.7 Å². The molecule has 3 rings (SSSR count). The Kier molecular flexibility index (Phi) is 4.16. The van der Waals surface area contributed by atoms with Gasteiger partial charge in [-0.15, -0.1) is 0 Å². The standard InChI is InChI=1S/C17H22N2O/c18-15-7-3-1-2-4-8-17(15)20-14-10-9-13-6-5-11-19-16(13)12-14/h5-6,9-12,15,17H,1-4,7-8,18H2. The van der Waals surface area contributed by atoms with E-state index in [1.807, 2.05) is 24.4 Å². The fraction of sp³-hybridized carbons (Fsp3) is 0.471. The van der Waals surface area contributed by atoms with Crippen LogP contribution in [0.3, 0.4) is 0 Å². The monoisotopic (exact) mass is 270 g/mol. The molecule has 1 heterocycles. The SMILES string of the molecule is NC1CCCCCCC1Oc1ccc2cccnc2c1. The third-order valence-corrected chi connectivity index (χ3v) is 4.12. The minimum Gasteiger partial charge on any atom is -0.489 e.